The molecule has 1 aliphatic heterocycles. The summed E-state index contributed by atoms with van der Waals surface area (Å²) in [6, 6.07) is 0. The molecule has 3 rings (SSSR count). The molecule has 0 radical (unpaired) electrons. The summed E-state index contributed by atoms with van der Waals surface area (Å²) in [4.78, 5) is 18.9. The third-order valence-electron chi connectivity index (χ3n) is 3.22. The number of aryl methyl sites for hydroxylation is 1. The number of imidazole rings is 1. The fraction of sp³-hybridized carbons (Fsp3) is 0.500. The zero-order chi connectivity index (χ0) is 14.7. The molecule has 0 atom stereocenters. The lowest BCUT2D eigenvalue weighted by Gasteiger charge is -2.26. The Kier molecular flexibility index (Phi) is 4.16. The van der Waals surface area contributed by atoms with Crippen LogP contribution in [0.25, 0.3) is 0 Å². The molecule has 1 N–H and O–H groups in total. The van der Waals surface area contributed by atoms with E-state index in [2.05, 4.69) is 25.3 Å². The van der Waals surface area contributed by atoms with Crippen molar-refractivity contribution >= 4 is 23.5 Å². The van der Waals surface area contributed by atoms with Crippen LogP contribution in [0.15, 0.2) is 12.4 Å². The van der Waals surface area contributed by atoms with E-state index in [9.17, 15) is 0 Å². The first-order valence-electron chi connectivity index (χ1n) is 6.67. The number of hydrogen-bond donors (Lipinski definition) is 1. The lowest BCUT2D eigenvalue weighted by atomic mass is 10.4. The first kappa shape index (κ1) is 14.0. The molecule has 1 aliphatic rings. The second kappa shape index (κ2) is 6.23. The molecular weight excluding hydrogens is 294 g/mol. The minimum atomic E-state index is 0.175. The van der Waals surface area contributed by atoms with Crippen LogP contribution in [0.3, 0.4) is 0 Å². The predicted molar refractivity (Wildman–Crippen MR) is 78.4 cm³/mol. The maximum atomic E-state index is 5.98. The van der Waals surface area contributed by atoms with Crippen molar-refractivity contribution in [2.24, 2.45) is 7.05 Å². The lowest BCUT2D eigenvalue weighted by molar-refractivity contribution is 0.122. The Morgan fingerprint density at radius 3 is 2.81 bits per heavy atom. The Balaban J connectivity index is 1.73. The summed E-state index contributed by atoms with van der Waals surface area (Å²) in [5.41, 5.74) is 0. The number of rotatable bonds is 4. The molecule has 9 heteroatoms. The average molecular weight is 310 g/mol. The Hall–Kier alpha value is -1.93. The lowest BCUT2D eigenvalue weighted by Crippen LogP contribution is -2.37. The van der Waals surface area contributed by atoms with Gasteiger partial charge in [0.1, 0.15) is 5.82 Å². The summed E-state index contributed by atoms with van der Waals surface area (Å²) < 4.78 is 7.25. The van der Waals surface area contributed by atoms with Gasteiger partial charge in [-0.3, -0.25) is 0 Å². The van der Waals surface area contributed by atoms with Gasteiger partial charge in [0.05, 0.1) is 19.8 Å². The van der Waals surface area contributed by atoms with Crippen LogP contribution in [-0.4, -0.2) is 50.8 Å². The molecule has 0 saturated carbocycles. The van der Waals surface area contributed by atoms with Crippen LogP contribution in [0.2, 0.25) is 5.28 Å². The fourth-order valence-electron chi connectivity index (χ4n) is 2.05. The van der Waals surface area contributed by atoms with Crippen molar-refractivity contribution in [2.45, 2.75) is 6.54 Å². The van der Waals surface area contributed by atoms with Gasteiger partial charge in [-0.15, -0.1) is 0 Å². The molecule has 112 valence electrons. The van der Waals surface area contributed by atoms with E-state index in [0.29, 0.717) is 31.7 Å². The second-order valence-corrected chi connectivity index (χ2v) is 4.97. The Bertz CT molecular complexity index is 611. The number of halogens is 1. The number of aromatic nitrogens is 5. The first-order valence-corrected chi connectivity index (χ1v) is 7.04. The monoisotopic (exact) mass is 309 g/mol. The third-order valence-corrected chi connectivity index (χ3v) is 3.38. The summed E-state index contributed by atoms with van der Waals surface area (Å²) in [7, 11) is 1.93. The molecule has 0 bridgehead atoms. The van der Waals surface area contributed by atoms with Gasteiger partial charge >= 0.3 is 0 Å². The van der Waals surface area contributed by atoms with Crippen molar-refractivity contribution in [1.82, 2.24) is 24.5 Å². The van der Waals surface area contributed by atoms with E-state index in [-0.39, 0.29) is 5.28 Å². The molecule has 0 unspecified atom stereocenters. The summed E-state index contributed by atoms with van der Waals surface area (Å²) in [6.45, 7) is 3.35. The van der Waals surface area contributed by atoms with E-state index in [1.807, 2.05) is 22.7 Å². The molecule has 2 aromatic rings. The summed E-state index contributed by atoms with van der Waals surface area (Å²) >= 11 is 5.98. The highest BCUT2D eigenvalue weighted by Crippen LogP contribution is 2.15. The maximum absolute atomic E-state index is 5.98. The highest BCUT2D eigenvalue weighted by atomic mass is 35.5. The van der Waals surface area contributed by atoms with Crippen LogP contribution in [0.4, 0.5) is 11.9 Å². The van der Waals surface area contributed by atoms with Gasteiger partial charge in [0.25, 0.3) is 0 Å². The summed E-state index contributed by atoms with van der Waals surface area (Å²) in [5, 5.41) is 3.30. The van der Waals surface area contributed by atoms with Crippen molar-refractivity contribution in [3.05, 3.63) is 23.5 Å². The Labute approximate surface area is 127 Å². The molecule has 1 fully saturated rings. The molecule has 8 nitrogen and oxygen atoms in total. The van der Waals surface area contributed by atoms with Gasteiger partial charge < -0.3 is 19.5 Å². The smallest absolute Gasteiger partial charge is 0.231 e. The number of nitrogens with zero attached hydrogens (tertiary/aromatic N) is 6. The van der Waals surface area contributed by atoms with E-state index in [0.717, 1.165) is 18.9 Å². The van der Waals surface area contributed by atoms with E-state index in [1.54, 1.807) is 6.20 Å². The SMILES string of the molecule is Cn1ccnc1CNc1nc(Cl)nc(N2CCOCC2)n1. The van der Waals surface area contributed by atoms with Crippen LogP contribution >= 0.6 is 11.6 Å². The number of anilines is 2. The zero-order valence-electron chi connectivity index (χ0n) is 11.7. The van der Waals surface area contributed by atoms with Crippen LogP contribution in [0, 0.1) is 0 Å². The van der Waals surface area contributed by atoms with Gasteiger partial charge in [-0.1, -0.05) is 0 Å². The molecule has 21 heavy (non-hydrogen) atoms. The first-order chi connectivity index (χ1) is 10.2. The molecule has 0 spiro atoms. The molecule has 3 heterocycles. The number of hydrogen-bond acceptors (Lipinski definition) is 7. The average Bonchev–Trinajstić information content (AvgIpc) is 2.91. The van der Waals surface area contributed by atoms with Crippen LogP contribution in [0.1, 0.15) is 5.82 Å². The topological polar surface area (TPSA) is 81.0 Å². The number of ether oxygens (including phenoxy) is 1. The third kappa shape index (κ3) is 3.40. The van der Waals surface area contributed by atoms with Gasteiger partial charge in [0, 0.05) is 32.5 Å². The van der Waals surface area contributed by atoms with Crippen molar-refractivity contribution in [1.29, 1.82) is 0 Å². The molecular formula is C12H16ClN7O. The van der Waals surface area contributed by atoms with E-state index in [4.69, 9.17) is 16.3 Å². The van der Waals surface area contributed by atoms with Gasteiger partial charge in [-0.2, -0.15) is 15.0 Å². The van der Waals surface area contributed by atoms with E-state index in [1.165, 1.54) is 0 Å². The van der Waals surface area contributed by atoms with Crippen LogP contribution in [-0.2, 0) is 18.3 Å². The summed E-state index contributed by atoms with van der Waals surface area (Å²) in [6.07, 6.45) is 3.63. The number of morpholine rings is 1. The van der Waals surface area contributed by atoms with Crippen LogP contribution < -0.4 is 10.2 Å². The van der Waals surface area contributed by atoms with Crippen molar-refractivity contribution in [2.75, 3.05) is 36.5 Å². The van der Waals surface area contributed by atoms with Gasteiger partial charge in [-0.05, 0) is 11.6 Å². The van der Waals surface area contributed by atoms with E-state index >= 15 is 0 Å². The molecule has 0 amide bonds. The maximum Gasteiger partial charge on any atom is 0.231 e. The standard InChI is InChI=1S/C12H16ClN7O/c1-19-3-2-14-9(19)8-15-11-16-10(13)17-12(18-11)20-4-6-21-7-5-20/h2-3H,4-8H2,1H3,(H,15,16,17,18). The second-order valence-electron chi connectivity index (χ2n) is 4.64. The van der Waals surface area contributed by atoms with Gasteiger partial charge in [0.15, 0.2) is 0 Å². The molecule has 0 aromatic carbocycles. The molecule has 1 saturated heterocycles. The van der Waals surface area contributed by atoms with Crippen LogP contribution in [0.5, 0.6) is 0 Å². The summed E-state index contributed by atoms with van der Waals surface area (Å²) in [5.74, 6) is 1.90. The molecule has 2 aromatic heterocycles. The Morgan fingerprint density at radius 2 is 2.10 bits per heavy atom. The van der Waals surface area contributed by atoms with Crippen molar-refractivity contribution in [3.8, 4) is 0 Å². The Morgan fingerprint density at radius 1 is 1.29 bits per heavy atom. The predicted octanol–water partition coefficient (Wildman–Crippen LogP) is 0.707. The van der Waals surface area contributed by atoms with Crippen molar-refractivity contribution in [3.63, 3.8) is 0 Å². The minimum absolute atomic E-state index is 0.175. The highest BCUT2D eigenvalue weighted by molar-refractivity contribution is 6.28. The zero-order valence-corrected chi connectivity index (χ0v) is 12.4. The number of nitrogens with one attached hydrogen (secondary N) is 1. The fourth-order valence-corrected chi connectivity index (χ4v) is 2.20. The van der Waals surface area contributed by atoms with Crippen molar-refractivity contribution < 1.29 is 4.74 Å². The van der Waals surface area contributed by atoms with E-state index < -0.39 is 0 Å². The molecule has 0 aliphatic carbocycles. The normalized spacial score (nSPS) is 15.2. The quantitative estimate of drug-likeness (QED) is 0.890. The minimum Gasteiger partial charge on any atom is -0.378 e. The van der Waals surface area contributed by atoms with Gasteiger partial charge in [0.2, 0.25) is 17.2 Å². The largest absolute Gasteiger partial charge is 0.378 e. The highest BCUT2D eigenvalue weighted by Gasteiger charge is 2.16. The van der Waals surface area contributed by atoms with Gasteiger partial charge in [-0.25, -0.2) is 4.98 Å².